The van der Waals surface area contributed by atoms with Gasteiger partial charge in [-0.25, -0.2) is 0 Å². The molecule has 1 unspecified atom stereocenters. The smallest absolute Gasteiger partial charge is 0.319 e. The maximum atomic E-state index is 12.8. The van der Waals surface area contributed by atoms with Crippen LogP contribution in [0.15, 0.2) is 60.7 Å². The first kappa shape index (κ1) is 19.3. The molecule has 0 aliphatic carbocycles. The lowest BCUT2D eigenvalue weighted by atomic mass is 9.99. The van der Waals surface area contributed by atoms with E-state index in [1.165, 1.54) is 12.1 Å². The molecule has 0 radical (unpaired) electrons. The number of rotatable bonds is 6. The van der Waals surface area contributed by atoms with Crippen LogP contribution >= 0.6 is 0 Å². The molecule has 0 heterocycles. The number of alkyl halides is 3. The predicted molar refractivity (Wildman–Crippen MR) is 96.9 cm³/mol. The zero-order chi connectivity index (χ0) is 18.5. The van der Waals surface area contributed by atoms with Gasteiger partial charge in [0.25, 0.3) is 0 Å². The molecule has 2 aromatic carbocycles. The Morgan fingerprint density at radius 3 is 2.08 bits per heavy atom. The molecule has 0 amide bonds. The van der Waals surface area contributed by atoms with Crippen molar-refractivity contribution in [3.63, 3.8) is 0 Å². The summed E-state index contributed by atoms with van der Waals surface area (Å²) in [5.74, 6) is 0. The average Bonchev–Trinajstić information content (AvgIpc) is 2.56. The molecule has 0 saturated heterocycles. The molecule has 1 nitrogen and oxygen atoms in total. The van der Waals surface area contributed by atoms with Gasteiger partial charge in [-0.3, -0.25) is 0 Å². The van der Waals surface area contributed by atoms with Crippen molar-refractivity contribution in [1.82, 2.24) is 0 Å². The Morgan fingerprint density at radius 2 is 1.56 bits per heavy atom. The van der Waals surface area contributed by atoms with Crippen LogP contribution in [0.25, 0.3) is 6.08 Å². The summed E-state index contributed by atoms with van der Waals surface area (Å²) in [7, 11) is 4.22. The van der Waals surface area contributed by atoms with E-state index in [-0.39, 0.29) is 6.04 Å². The molecule has 1 atom stereocenters. The van der Waals surface area contributed by atoms with Gasteiger partial charge in [0.05, 0.1) is 26.2 Å². The van der Waals surface area contributed by atoms with Crippen LogP contribution in [0, 0.1) is 0 Å². The lowest BCUT2D eigenvalue weighted by molar-refractivity contribution is -0.915. The van der Waals surface area contributed by atoms with Gasteiger partial charge in [-0.05, 0) is 23.8 Å². The van der Waals surface area contributed by atoms with Crippen molar-refractivity contribution in [1.29, 1.82) is 0 Å². The topological polar surface area (TPSA) is 0 Å². The van der Waals surface area contributed by atoms with Crippen LogP contribution in [-0.4, -0.2) is 25.1 Å². The first-order chi connectivity index (χ1) is 11.7. The van der Waals surface area contributed by atoms with Gasteiger partial charge < -0.3 is 4.48 Å². The van der Waals surface area contributed by atoms with Gasteiger partial charge in [-0.1, -0.05) is 55.5 Å². The van der Waals surface area contributed by atoms with Gasteiger partial charge in [0.1, 0.15) is 6.04 Å². The van der Waals surface area contributed by atoms with E-state index in [2.05, 4.69) is 33.2 Å². The molecule has 134 valence electrons. The minimum Gasteiger partial charge on any atom is -0.319 e. The highest BCUT2D eigenvalue weighted by atomic mass is 19.4. The number of hydrogen-bond acceptors (Lipinski definition) is 0. The van der Waals surface area contributed by atoms with Crippen molar-refractivity contribution in [2.24, 2.45) is 0 Å². The minimum absolute atomic E-state index is 0.141. The average molecular weight is 348 g/mol. The largest absolute Gasteiger partial charge is 0.416 e. The van der Waals surface area contributed by atoms with Crippen LogP contribution in [0.4, 0.5) is 13.2 Å². The number of likely N-dealkylation sites (N-methyl/N-ethyl adjacent to an activating group) is 1. The van der Waals surface area contributed by atoms with Crippen LogP contribution in [0.3, 0.4) is 0 Å². The minimum atomic E-state index is -4.29. The van der Waals surface area contributed by atoms with Crippen molar-refractivity contribution in [2.45, 2.75) is 25.6 Å². The number of hydrogen-bond donors (Lipinski definition) is 0. The highest BCUT2D eigenvalue weighted by molar-refractivity contribution is 5.48. The van der Waals surface area contributed by atoms with Gasteiger partial charge in [0.15, 0.2) is 0 Å². The van der Waals surface area contributed by atoms with Gasteiger partial charge >= 0.3 is 6.18 Å². The molecule has 2 aromatic rings. The zero-order valence-corrected chi connectivity index (χ0v) is 14.9. The van der Waals surface area contributed by atoms with E-state index in [1.54, 1.807) is 12.1 Å². The molecule has 0 aliphatic rings. The van der Waals surface area contributed by atoms with Crippen LogP contribution in [0.1, 0.15) is 36.1 Å². The summed E-state index contributed by atoms with van der Waals surface area (Å²) < 4.78 is 38.9. The van der Waals surface area contributed by atoms with E-state index in [0.717, 1.165) is 24.1 Å². The summed E-state index contributed by atoms with van der Waals surface area (Å²) >= 11 is 0. The molecule has 0 saturated carbocycles. The highest BCUT2D eigenvalue weighted by Crippen LogP contribution is 2.33. The lowest BCUT2D eigenvalue weighted by Crippen LogP contribution is -2.43. The molecule has 2 rings (SSSR count). The van der Waals surface area contributed by atoms with Crippen LogP contribution in [0.5, 0.6) is 0 Å². The second kappa shape index (κ2) is 7.87. The van der Waals surface area contributed by atoms with Crippen LogP contribution in [-0.2, 0) is 6.18 Å². The van der Waals surface area contributed by atoms with Crippen molar-refractivity contribution in [3.8, 4) is 0 Å². The third-order valence-electron chi connectivity index (χ3n) is 4.54. The van der Waals surface area contributed by atoms with Gasteiger partial charge in [-0.15, -0.1) is 0 Å². The molecule has 0 spiro atoms. The number of halogens is 3. The Bertz CT molecular complexity index is 685. The molecule has 25 heavy (non-hydrogen) atoms. The van der Waals surface area contributed by atoms with Crippen molar-refractivity contribution in [2.75, 3.05) is 20.6 Å². The van der Waals surface area contributed by atoms with E-state index in [0.29, 0.717) is 4.48 Å². The fraction of sp³-hybridized carbons (Fsp3) is 0.333. The summed E-state index contributed by atoms with van der Waals surface area (Å²) in [6, 6.07) is 15.8. The Morgan fingerprint density at radius 1 is 0.960 bits per heavy atom. The zero-order valence-electron chi connectivity index (χ0n) is 14.9. The Hall–Kier alpha value is -2.07. The summed E-state index contributed by atoms with van der Waals surface area (Å²) in [6.07, 6.45) is 0.780. The standard InChI is InChI=1S/C21H25F3N/c1-4-20(18-12-14-19(15-13-18)21(22,23)24)25(2,3)16-8-11-17-9-6-5-7-10-17/h5-15,20H,4,16H2,1-3H3/q+1. The lowest BCUT2D eigenvalue weighted by Gasteiger charge is -2.37. The molecule has 0 aromatic heterocycles. The predicted octanol–water partition coefficient (Wildman–Crippen LogP) is 5.95. The monoisotopic (exact) mass is 348 g/mol. The molecular formula is C21H25F3N+. The maximum Gasteiger partial charge on any atom is 0.416 e. The number of quaternary nitrogens is 1. The second-order valence-electron chi connectivity index (χ2n) is 6.82. The van der Waals surface area contributed by atoms with Crippen molar-refractivity contribution in [3.05, 3.63) is 77.4 Å². The fourth-order valence-corrected chi connectivity index (χ4v) is 3.18. The molecule has 0 aliphatic heterocycles. The summed E-state index contributed by atoms with van der Waals surface area (Å²) in [5, 5.41) is 0. The van der Waals surface area contributed by atoms with Crippen molar-refractivity contribution < 1.29 is 17.7 Å². The summed E-state index contributed by atoms with van der Waals surface area (Å²) in [6.45, 7) is 2.87. The van der Waals surface area contributed by atoms with Gasteiger partial charge in [0.2, 0.25) is 0 Å². The molecule has 0 fully saturated rings. The van der Waals surface area contributed by atoms with Crippen LogP contribution < -0.4 is 0 Å². The maximum absolute atomic E-state index is 12.8. The Labute approximate surface area is 148 Å². The normalized spacial score (nSPS) is 14.0. The first-order valence-electron chi connectivity index (χ1n) is 8.45. The SMILES string of the molecule is CCC(c1ccc(C(F)(F)F)cc1)[N+](C)(C)CC=Cc1ccccc1. The summed E-state index contributed by atoms with van der Waals surface area (Å²) in [4.78, 5) is 0. The molecule has 0 N–H and O–H groups in total. The van der Waals surface area contributed by atoms with E-state index < -0.39 is 11.7 Å². The van der Waals surface area contributed by atoms with Gasteiger partial charge in [-0.2, -0.15) is 13.2 Å². The fourth-order valence-electron chi connectivity index (χ4n) is 3.18. The molecule has 4 heteroatoms. The van der Waals surface area contributed by atoms with E-state index >= 15 is 0 Å². The first-order valence-corrected chi connectivity index (χ1v) is 8.45. The number of benzene rings is 2. The second-order valence-corrected chi connectivity index (χ2v) is 6.82. The van der Waals surface area contributed by atoms with E-state index in [4.69, 9.17) is 0 Å². The van der Waals surface area contributed by atoms with E-state index in [1.807, 2.05) is 30.3 Å². The Balaban J connectivity index is 2.13. The highest BCUT2D eigenvalue weighted by Gasteiger charge is 2.32. The quantitative estimate of drug-likeness (QED) is 0.566. The van der Waals surface area contributed by atoms with Crippen molar-refractivity contribution >= 4 is 6.08 Å². The third-order valence-corrected chi connectivity index (χ3v) is 4.54. The van der Waals surface area contributed by atoms with Crippen LogP contribution in [0.2, 0.25) is 0 Å². The Kier molecular flexibility index (Phi) is 6.07. The summed E-state index contributed by atoms with van der Waals surface area (Å²) in [5.41, 5.74) is 1.49. The molecule has 0 bridgehead atoms. The molecular weight excluding hydrogens is 323 g/mol. The third kappa shape index (κ3) is 5.20. The number of nitrogens with zero attached hydrogens (tertiary/aromatic N) is 1. The van der Waals surface area contributed by atoms with Gasteiger partial charge in [0, 0.05) is 12.0 Å². The van der Waals surface area contributed by atoms with E-state index in [9.17, 15) is 13.2 Å².